The van der Waals surface area contributed by atoms with Crippen molar-refractivity contribution < 1.29 is 5.11 Å². The molecule has 39 heavy (non-hydrogen) atoms. The van der Waals surface area contributed by atoms with E-state index in [0.29, 0.717) is 39.3 Å². The largest absolute Gasteiger partial charge is 0.390 e. The molecular weight excluding hydrogens is 484 g/mol. The van der Waals surface area contributed by atoms with Gasteiger partial charge in [0, 0.05) is 63.6 Å². The van der Waals surface area contributed by atoms with Crippen molar-refractivity contribution in [1.82, 2.24) is 29.7 Å². The Morgan fingerprint density at radius 1 is 0.590 bits per heavy atom. The molecular formula is C32H40N6O. The van der Waals surface area contributed by atoms with E-state index < -0.39 is 6.10 Å². The molecule has 4 rings (SSSR count). The van der Waals surface area contributed by atoms with Gasteiger partial charge >= 0.3 is 0 Å². The zero-order valence-corrected chi connectivity index (χ0v) is 23.3. The van der Waals surface area contributed by atoms with E-state index in [0.717, 1.165) is 34.9 Å². The third kappa shape index (κ3) is 10.3. The molecule has 4 heterocycles. The van der Waals surface area contributed by atoms with Crippen molar-refractivity contribution in [3.8, 4) is 0 Å². The molecule has 4 aromatic heterocycles. The summed E-state index contributed by atoms with van der Waals surface area (Å²) in [5.74, 6) is 0. The number of aliphatic hydroxyl groups is 1. The van der Waals surface area contributed by atoms with Crippen molar-refractivity contribution in [2.24, 2.45) is 5.41 Å². The number of aromatic nitrogens is 4. The Bertz CT molecular complexity index is 1210. The highest BCUT2D eigenvalue weighted by atomic mass is 16.3. The summed E-state index contributed by atoms with van der Waals surface area (Å²) >= 11 is 0. The van der Waals surface area contributed by atoms with Crippen molar-refractivity contribution in [1.29, 1.82) is 0 Å². The van der Waals surface area contributed by atoms with Gasteiger partial charge in [-0.15, -0.1) is 0 Å². The third-order valence-electron chi connectivity index (χ3n) is 6.23. The molecule has 4 aromatic rings. The van der Waals surface area contributed by atoms with Crippen molar-refractivity contribution >= 4 is 0 Å². The van der Waals surface area contributed by atoms with E-state index in [2.05, 4.69) is 63.7 Å². The molecule has 0 aliphatic carbocycles. The van der Waals surface area contributed by atoms with E-state index in [1.165, 1.54) is 0 Å². The highest BCUT2D eigenvalue weighted by Gasteiger charge is 2.19. The lowest BCUT2D eigenvalue weighted by atomic mass is 9.90. The summed E-state index contributed by atoms with van der Waals surface area (Å²) in [4.78, 5) is 22.9. The smallest absolute Gasteiger partial charge is 0.0794 e. The van der Waals surface area contributed by atoms with E-state index >= 15 is 0 Å². The lowest BCUT2D eigenvalue weighted by molar-refractivity contribution is 0.0615. The zero-order chi connectivity index (χ0) is 27.5. The maximum absolute atomic E-state index is 11.3. The molecule has 0 aromatic carbocycles. The van der Waals surface area contributed by atoms with E-state index in [1.807, 2.05) is 60.8 Å². The van der Waals surface area contributed by atoms with Gasteiger partial charge in [-0.2, -0.15) is 0 Å². The van der Waals surface area contributed by atoms with Crippen molar-refractivity contribution in [3.05, 3.63) is 120 Å². The molecule has 0 bridgehead atoms. The summed E-state index contributed by atoms with van der Waals surface area (Å²) in [6, 6.07) is 24.1. The summed E-state index contributed by atoms with van der Waals surface area (Å²) < 4.78 is 0. The predicted octanol–water partition coefficient (Wildman–Crippen LogP) is 4.92. The minimum Gasteiger partial charge on any atom is -0.390 e. The molecule has 0 aliphatic rings. The molecule has 0 fully saturated rings. The number of aliphatic hydroxyl groups excluding tert-OH is 1. The molecule has 0 aliphatic heterocycles. The maximum Gasteiger partial charge on any atom is 0.0794 e. The molecule has 1 unspecified atom stereocenters. The molecule has 1 atom stereocenters. The summed E-state index contributed by atoms with van der Waals surface area (Å²) in [7, 11) is 0. The Morgan fingerprint density at radius 2 is 1.00 bits per heavy atom. The lowest BCUT2D eigenvalue weighted by Crippen LogP contribution is -2.40. The number of hydrogen-bond acceptors (Lipinski definition) is 7. The van der Waals surface area contributed by atoms with Crippen LogP contribution in [0, 0.1) is 5.41 Å². The fraction of sp³-hybridized carbons (Fsp3) is 0.375. The second-order valence-corrected chi connectivity index (χ2v) is 11.3. The monoisotopic (exact) mass is 524 g/mol. The first-order valence-corrected chi connectivity index (χ1v) is 13.6. The van der Waals surface area contributed by atoms with E-state index in [4.69, 9.17) is 4.98 Å². The molecule has 0 amide bonds. The van der Waals surface area contributed by atoms with Crippen LogP contribution in [0.5, 0.6) is 0 Å². The van der Waals surface area contributed by atoms with Gasteiger partial charge in [0.2, 0.25) is 0 Å². The van der Waals surface area contributed by atoms with Crippen LogP contribution in [-0.4, -0.2) is 54.0 Å². The second kappa shape index (κ2) is 14.0. The van der Waals surface area contributed by atoms with Crippen molar-refractivity contribution in [2.45, 2.75) is 59.5 Å². The highest BCUT2D eigenvalue weighted by Crippen LogP contribution is 2.20. The van der Waals surface area contributed by atoms with E-state index in [9.17, 15) is 5.11 Å². The zero-order valence-electron chi connectivity index (χ0n) is 23.3. The van der Waals surface area contributed by atoms with Crippen LogP contribution in [0.15, 0.2) is 91.4 Å². The minimum atomic E-state index is -0.584. The Balaban J connectivity index is 1.48. The molecule has 204 valence electrons. The summed E-state index contributed by atoms with van der Waals surface area (Å²) in [6.07, 6.45) is 5.76. The number of hydrogen-bond donors (Lipinski definition) is 1. The fourth-order valence-electron chi connectivity index (χ4n) is 4.67. The van der Waals surface area contributed by atoms with Crippen LogP contribution in [0.1, 0.15) is 49.2 Å². The molecule has 0 spiro atoms. The average molecular weight is 525 g/mol. The lowest BCUT2D eigenvalue weighted by Gasteiger charge is -2.29. The summed E-state index contributed by atoms with van der Waals surface area (Å²) in [5.41, 5.74) is 5.15. The van der Waals surface area contributed by atoms with Gasteiger partial charge in [-0.1, -0.05) is 45.0 Å². The van der Waals surface area contributed by atoms with E-state index in [1.54, 1.807) is 12.4 Å². The number of pyridine rings is 4. The first-order chi connectivity index (χ1) is 18.8. The van der Waals surface area contributed by atoms with Crippen LogP contribution in [-0.2, 0) is 32.6 Å². The topological polar surface area (TPSA) is 78.3 Å². The second-order valence-electron chi connectivity index (χ2n) is 11.3. The number of nitrogens with zero attached hydrogens (tertiary/aromatic N) is 6. The highest BCUT2D eigenvalue weighted by molar-refractivity contribution is 5.13. The molecule has 1 N–H and O–H groups in total. The normalized spacial score (nSPS) is 12.7. The van der Waals surface area contributed by atoms with Gasteiger partial charge in [0.25, 0.3) is 0 Å². The third-order valence-corrected chi connectivity index (χ3v) is 6.23. The fourth-order valence-corrected chi connectivity index (χ4v) is 4.67. The summed E-state index contributed by atoms with van der Waals surface area (Å²) in [6.45, 7) is 10.2. The van der Waals surface area contributed by atoms with E-state index in [-0.39, 0.29) is 5.41 Å². The molecule has 7 heteroatoms. The minimum absolute atomic E-state index is 0.167. The van der Waals surface area contributed by atoms with Crippen LogP contribution in [0.4, 0.5) is 0 Å². The van der Waals surface area contributed by atoms with Gasteiger partial charge in [0.15, 0.2) is 0 Å². The maximum atomic E-state index is 11.3. The first kappa shape index (κ1) is 28.5. The molecule has 0 saturated carbocycles. The molecule has 7 nitrogen and oxygen atoms in total. The Morgan fingerprint density at radius 3 is 1.41 bits per heavy atom. The average Bonchev–Trinajstić information content (AvgIpc) is 2.89. The molecule has 0 radical (unpaired) electrons. The molecule has 0 saturated heterocycles. The van der Waals surface area contributed by atoms with Crippen LogP contribution in [0.2, 0.25) is 0 Å². The first-order valence-electron chi connectivity index (χ1n) is 13.6. The standard InChI is InChI=1S/C32H40N6O/c1-32(2,3)19-26-14-10-15-30(36-26)23-38(22-29-13-6-9-18-35-29)25-31(39)24-37(20-27-11-4-7-16-33-27)21-28-12-5-8-17-34-28/h4-18,31,39H,19-25H2,1-3H3. The van der Waals surface area contributed by atoms with Gasteiger partial charge in [-0.05, 0) is 60.4 Å². The van der Waals surface area contributed by atoms with Gasteiger partial charge in [-0.25, -0.2) is 0 Å². The van der Waals surface area contributed by atoms with Crippen LogP contribution in [0.25, 0.3) is 0 Å². The van der Waals surface area contributed by atoms with Crippen molar-refractivity contribution in [2.75, 3.05) is 13.1 Å². The van der Waals surface area contributed by atoms with Gasteiger partial charge in [-0.3, -0.25) is 29.7 Å². The SMILES string of the molecule is CC(C)(C)Cc1cccc(CN(Cc2ccccn2)CC(O)CN(Cc2ccccn2)Cc2ccccn2)n1. The number of rotatable bonds is 13. The van der Waals surface area contributed by atoms with Gasteiger partial charge < -0.3 is 5.11 Å². The van der Waals surface area contributed by atoms with Crippen LogP contribution >= 0.6 is 0 Å². The Kier molecular flexibility index (Phi) is 10.3. The predicted molar refractivity (Wildman–Crippen MR) is 154 cm³/mol. The quantitative estimate of drug-likeness (QED) is 0.266. The Hall–Kier alpha value is -3.52. The summed E-state index contributed by atoms with van der Waals surface area (Å²) in [5, 5.41) is 11.3. The van der Waals surface area contributed by atoms with Gasteiger partial charge in [0.05, 0.1) is 28.9 Å². The van der Waals surface area contributed by atoms with Crippen LogP contribution in [0.3, 0.4) is 0 Å². The Labute approximate surface area is 232 Å². The van der Waals surface area contributed by atoms with Crippen LogP contribution < -0.4 is 0 Å². The van der Waals surface area contributed by atoms with Gasteiger partial charge in [0.1, 0.15) is 0 Å². The van der Waals surface area contributed by atoms with Crippen molar-refractivity contribution in [3.63, 3.8) is 0 Å².